The number of hydrogen-bond acceptors (Lipinski definition) is 2. The summed E-state index contributed by atoms with van der Waals surface area (Å²) in [7, 11) is 2.00. The Morgan fingerprint density at radius 3 is 2.53 bits per heavy atom. The molecule has 0 radical (unpaired) electrons. The van der Waals surface area contributed by atoms with Gasteiger partial charge in [-0.3, -0.25) is 9.59 Å². The molecule has 0 spiro atoms. The van der Waals surface area contributed by atoms with Gasteiger partial charge in [0, 0.05) is 31.0 Å². The van der Waals surface area contributed by atoms with Gasteiger partial charge in [0.15, 0.2) is 0 Å². The van der Waals surface area contributed by atoms with Gasteiger partial charge in [-0.25, -0.2) is 0 Å². The van der Waals surface area contributed by atoms with Crippen LogP contribution in [0.2, 0.25) is 0 Å². The van der Waals surface area contributed by atoms with E-state index in [1.807, 2.05) is 18.0 Å². The summed E-state index contributed by atoms with van der Waals surface area (Å²) >= 11 is 0. The van der Waals surface area contributed by atoms with Gasteiger partial charge in [-0.1, -0.05) is 26.8 Å². The van der Waals surface area contributed by atoms with Crippen molar-refractivity contribution in [2.45, 2.75) is 91.0 Å². The fourth-order valence-corrected chi connectivity index (χ4v) is 9.07. The zero-order valence-electron chi connectivity index (χ0n) is 20.7. The van der Waals surface area contributed by atoms with Crippen LogP contribution in [0.15, 0.2) is 12.2 Å². The minimum Gasteiger partial charge on any atom is -0.356 e. The van der Waals surface area contributed by atoms with Gasteiger partial charge in [-0.05, 0) is 105 Å². The highest BCUT2D eigenvalue weighted by atomic mass is 16.2. The van der Waals surface area contributed by atoms with E-state index in [-0.39, 0.29) is 17.2 Å². The van der Waals surface area contributed by atoms with Gasteiger partial charge in [0.05, 0.1) is 0 Å². The van der Waals surface area contributed by atoms with E-state index in [9.17, 15) is 9.59 Å². The summed E-state index contributed by atoms with van der Waals surface area (Å²) < 4.78 is 0. The number of likely N-dealkylation sites (N-methyl/N-ethyl adjacent to an activating group) is 1. The van der Waals surface area contributed by atoms with E-state index in [1.54, 1.807) is 0 Å². The molecule has 0 aromatic carbocycles. The normalized spacial score (nSPS) is 48.1. The van der Waals surface area contributed by atoms with E-state index < -0.39 is 0 Å². The SMILES string of the molecule is CC1CCC(C(=O)NC[C@H]2CC[C@H]3[C@@H]4CC[C@H]5N(C)C(=O)C=C[C@]5(C)[C@H]4CC[C@]23C)CC1. The second-order valence-corrected chi connectivity index (χ2v) is 12.6. The molecule has 5 rings (SSSR count). The van der Waals surface area contributed by atoms with Crippen LogP contribution in [0.4, 0.5) is 0 Å². The van der Waals surface area contributed by atoms with Crippen molar-refractivity contribution in [3.05, 3.63) is 12.2 Å². The minimum absolute atomic E-state index is 0.122. The first-order chi connectivity index (χ1) is 15.2. The molecule has 0 aromatic heterocycles. The van der Waals surface area contributed by atoms with Gasteiger partial charge in [0.2, 0.25) is 11.8 Å². The third-order valence-electron chi connectivity index (χ3n) is 11.2. The Morgan fingerprint density at radius 1 is 1.03 bits per heavy atom. The largest absolute Gasteiger partial charge is 0.356 e. The third kappa shape index (κ3) is 3.46. The number of carbonyl (C=O) groups excluding carboxylic acids is 2. The lowest BCUT2D eigenvalue weighted by Gasteiger charge is -2.60. The molecule has 4 aliphatic carbocycles. The lowest BCUT2D eigenvalue weighted by molar-refractivity contribution is -0.139. The van der Waals surface area contributed by atoms with Crippen LogP contribution in [-0.2, 0) is 9.59 Å². The van der Waals surface area contributed by atoms with Crippen molar-refractivity contribution in [2.24, 2.45) is 46.3 Å². The number of hydrogen-bond donors (Lipinski definition) is 1. The second kappa shape index (κ2) is 8.17. The maximum Gasteiger partial charge on any atom is 0.246 e. The summed E-state index contributed by atoms with van der Waals surface area (Å²) in [6.45, 7) is 8.16. The molecule has 4 nitrogen and oxygen atoms in total. The maximum absolute atomic E-state index is 12.9. The summed E-state index contributed by atoms with van der Waals surface area (Å²) in [5.74, 6) is 4.38. The van der Waals surface area contributed by atoms with E-state index in [4.69, 9.17) is 0 Å². The molecule has 4 heteroatoms. The van der Waals surface area contributed by atoms with Crippen LogP contribution < -0.4 is 5.32 Å². The summed E-state index contributed by atoms with van der Waals surface area (Å²) in [4.78, 5) is 27.2. The molecule has 7 atom stereocenters. The van der Waals surface area contributed by atoms with Crippen LogP contribution in [-0.4, -0.2) is 36.3 Å². The number of amides is 2. The fourth-order valence-electron chi connectivity index (χ4n) is 9.07. The highest BCUT2D eigenvalue weighted by Gasteiger charge is 2.60. The summed E-state index contributed by atoms with van der Waals surface area (Å²) in [5.41, 5.74) is 0.482. The van der Waals surface area contributed by atoms with Crippen molar-refractivity contribution < 1.29 is 9.59 Å². The monoisotopic (exact) mass is 440 g/mol. The highest BCUT2D eigenvalue weighted by molar-refractivity contribution is 5.89. The van der Waals surface area contributed by atoms with Crippen molar-refractivity contribution in [1.82, 2.24) is 10.2 Å². The molecule has 4 fully saturated rings. The Kier molecular flexibility index (Phi) is 5.73. The van der Waals surface area contributed by atoms with Crippen LogP contribution >= 0.6 is 0 Å². The molecule has 32 heavy (non-hydrogen) atoms. The first kappa shape index (κ1) is 22.5. The minimum atomic E-state index is 0.122. The van der Waals surface area contributed by atoms with Crippen LogP contribution in [0.5, 0.6) is 0 Å². The Balaban J connectivity index is 1.26. The summed E-state index contributed by atoms with van der Waals surface area (Å²) in [6, 6.07) is 0.361. The first-order valence-corrected chi connectivity index (χ1v) is 13.5. The topological polar surface area (TPSA) is 49.4 Å². The smallest absolute Gasteiger partial charge is 0.246 e. The van der Waals surface area contributed by atoms with E-state index in [0.29, 0.717) is 29.2 Å². The van der Waals surface area contributed by atoms with Gasteiger partial charge in [0.1, 0.15) is 0 Å². The Bertz CT molecular complexity index is 784. The van der Waals surface area contributed by atoms with Gasteiger partial charge < -0.3 is 10.2 Å². The predicted octanol–water partition coefficient (Wildman–Crippen LogP) is 5.18. The first-order valence-electron chi connectivity index (χ1n) is 13.5. The zero-order chi connectivity index (χ0) is 22.7. The standard InChI is InChI=1S/C28H44N2O2/c1-18-5-7-19(8-6-18)26(32)29-17-20-9-11-22-21-10-12-24-28(3,16-14-25(31)30(24)4)23(21)13-15-27(20,22)2/h14,16,18-24H,5-13,15,17H2,1-4H3,(H,29,32)/t18?,19?,20-,21+,22+,23+,24-,27-,28-/m1/s1. The molecule has 1 N–H and O–H groups in total. The molecule has 2 amide bonds. The molecular formula is C28H44N2O2. The molecule has 0 aromatic rings. The van der Waals surface area contributed by atoms with E-state index >= 15 is 0 Å². The van der Waals surface area contributed by atoms with E-state index in [0.717, 1.165) is 43.6 Å². The van der Waals surface area contributed by atoms with Crippen molar-refractivity contribution in [3.63, 3.8) is 0 Å². The van der Waals surface area contributed by atoms with Crippen LogP contribution in [0.25, 0.3) is 0 Å². The number of nitrogens with zero attached hydrogens (tertiary/aromatic N) is 1. The molecule has 1 heterocycles. The van der Waals surface area contributed by atoms with Crippen molar-refractivity contribution in [2.75, 3.05) is 13.6 Å². The van der Waals surface area contributed by atoms with Gasteiger partial charge in [0.25, 0.3) is 0 Å². The van der Waals surface area contributed by atoms with Crippen LogP contribution in [0.1, 0.15) is 85.0 Å². The zero-order valence-corrected chi connectivity index (χ0v) is 20.7. The summed E-state index contributed by atoms with van der Waals surface area (Å²) in [6.07, 6.45) is 16.2. The lowest BCUT2D eigenvalue weighted by atomic mass is 9.47. The van der Waals surface area contributed by atoms with E-state index in [2.05, 4.69) is 32.2 Å². The van der Waals surface area contributed by atoms with Crippen molar-refractivity contribution in [1.29, 1.82) is 0 Å². The Labute approximate surface area is 195 Å². The quantitative estimate of drug-likeness (QED) is 0.657. The molecule has 0 saturated heterocycles. The van der Waals surface area contributed by atoms with Gasteiger partial charge in [-0.15, -0.1) is 0 Å². The van der Waals surface area contributed by atoms with Crippen molar-refractivity contribution >= 4 is 11.8 Å². The predicted molar refractivity (Wildman–Crippen MR) is 128 cm³/mol. The molecule has 4 saturated carbocycles. The molecule has 5 aliphatic rings. The van der Waals surface area contributed by atoms with Gasteiger partial charge in [-0.2, -0.15) is 0 Å². The number of fused-ring (bicyclic) bond motifs is 5. The third-order valence-corrected chi connectivity index (χ3v) is 11.2. The highest BCUT2D eigenvalue weighted by Crippen LogP contribution is 2.65. The fraction of sp³-hybridized carbons (Fsp3) is 0.857. The molecule has 0 bridgehead atoms. The number of carbonyl (C=O) groups is 2. The second-order valence-electron chi connectivity index (χ2n) is 12.6. The lowest BCUT2D eigenvalue weighted by Crippen LogP contribution is -2.59. The Morgan fingerprint density at radius 2 is 1.78 bits per heavy atom. The van der Waals surface area contributed by atoms with Crippen LogP contribution in [0, 0.1) is 46.3 Å². The molecule has 0 unspecified atom stereocenters. The molecular weight excluding hydrogens is 396 g/mol. The number of rotatable bonds is 3. The van der Waals surface area contributed by atoms with Gasteiger partial charge >= 0.3 is 0 Å². The maximum atomic E-state index is 12.9. The Hall–Kier alpha value is -1.32. The average Bonchev–Trinajstić information content (AvgIpc) is 3.12. The molecule has 178 valence electrons. The molecule has 1 aliphatic heterocycles. The van der Waals surface area contributed by atoms with Crippen LogP contribution in [0.3, 0.4) is 0 Å². The summed E-state index contributed by atoms with van der Waals surface area (Å²) in [5, 5.41) is 3.41. The van der Waals surface area contributed by atoms with Crippen molar-refractivity contribution in [3.8, 4) is 0 Å². The average molecular weight is 441 g/mol. The van der Waals surface area contributed by atoms with E-state index in [1.165, 1.54) is 44.9 Å². The number of nitrogens with one attached hydrogen (secondary N) is 1.